The number of aromatic nitrogens is 1. The lowest BCUT2D eigenvalue weighted by molar-refractivity contribution is -0.135. The van der Waals surface area contributed by atoms with Crippen LogP contribution in [0.25, 0.3) is 0 Å². The van der Waals surface area contributed by atoms with Crippen molar-refractivity contribution in [2.75, 3.05) is 6.54 Å². The molecule has 0 radical (unpaired) electrons. The van der Waals surface area contributed by atoms with Crippen LogP contribution in [0.2, 0.25) is 0 Å². The SMILES string of the molecule is O=C(O)c1ccnc(C(=O)NCCCC(F)(F)F)c1. The lowest BCUT2D eigenvalue weighted by Crippen LogP contribution is -2.26. The molecule has 1 amide bonds. The van der Waals surface area contributed by atoms with Crippen LogP contribution in [-0.2, 0) is 0 Å². The normalized spacial score (nSPS) is 11.1. The van der Waals surface area contributed by atoms with Gasteiger partial charge in [-0.05, 0) is 18.6 Å². The van der Waals surface area contributed by atoms with Gasteiger partial charge in [-0.1, -0.05) is 0 Å². The summed E-state index contributed by atoms with van der Waals surface area (Å²) in [6, 6.07) is 2.27. The average Bonchev–Trinajstić information content (AvgIpc) is 2.33. The minimum atomic E-state index is -4.26. The summed E-state index contributed by atoms with van der Waals surface area (Å²) in [5, 5.41) is 11.0. The van der Waals surface area contributed by atoms with E-state index in [0.717, 1.165) is 12.3 Å². The molecular formula is C11H11F3N2O3. The smallest absolute Gasteiger partial charge is 0.389 e. The van der Waals surface area contributed by atoms with Gasteiger partial charge in [0.2, 0.25) is 0 Å². The van der Waals surface area contributed by atoms with Crippen LogP contribution in [0.5, 0.6) is 0 Å². The first-order valence-corrected chi connectivity index (χ1v) is 5.34. The zero-order valence-corrected chi connectivity index (χ0v) is 9.70. The van der Waals surface area contributed by atoms with Crippen molar-refractivity contribution in [2.45, 2.75) is 19.0 Å². The lowest BCUT2D eigenvalue weighted by atomic mass is 10.2. The van der Waals surface area contributed by atoms with E-state index in [4.69, 9.17) is 5.11 Å². The summed E-state index contributed by atoms with van der Waals surface area (Å²) >= 11 is 0. The fourth-order valence-electron chi connectivity index (χ4n) is 1.27. The highest BCUT2D eigenvalue weighted by atomic mass is 19.4. The third kappa shape index (κ3) is 5.36. The fourth-order valence-corrected chi connectivity index (χ4v) is 1.27. The Morgan fingerprint density at radius 3 is 2.63 bits per heavy atom. The highest BCUT2D eigenvalue weighted by molar-refractivity contribution is 5.95. The summed E-state index contributed by atoms with van der Waals surface area (Å²) in [5.41, 5.74) is -0.262. The number of pyridine rings is 1. The number of carbonyl (C=O) groups is 2. The average molecular weight is 276 g/mol. The van der Waals surface area contributed by atoms with Crippen molar-refractivity contribution in [3.63, 3.8) is 0 Å². The van der Waals surface area contributed by atoms with Crippen LogP contribution in [-0.4, -0.2) is 34.7 Å². The van der Waals surface area contributed by atoms with Crippen molar-refractivity contribution in [1.29, 1.82) is 0 Å². The third-order valence-electron chi connectivity index (χ3n) is 2.16. The molecule has 0 aliphatic carbocycles. The van der Waals surface area contributed by atoms with E-state index >= 15 is 0 Å². The van der Waals surface area contributed by atoms with Gasteiger partial charge in [0.15, 0.2) is 0 Å². The molecule has 0 saturated carbocycles. The van der Waals surface area contributed by atoms with Gasteiger partial charge in [0.05, 0.1) is 5.56 Å². The molecule has 104 valence electrons. The molecule has 0 aliphatic heterocycles. The zero-order valence-electron chi connectivity index (χ0n) is 9.70. The largest absolute Gasteiger partial charge is 0.478 e. The first kappa shape index (κ1) is 14.9. The van der Waals surface area contributed by atoms with Gasteiger partial charge in [-0.15, -0.1) is 0 Å². The van der Waals surface area contributed by atoms with E-state index in [1.165, 1.54) is 6.07 Å². The molecule has 0 aliphatic rings. The molecule has 2 N–H and O–H groups in total. The second-order valence-electron chi connectivity index (χ2n) is 3.71. The summed E-state index contributed by atoms with van der Waals surface area (Å²) in [4.78, 5) is 25.8. The lowest BCUT2D eigenvalue weighted by Gasteiger charge is -2.07. The highest BCUT2D eigenvalue weighted by Crippen LogP contribution is 2.20. The monoisotopic (exact) mass is 276 g/mol. The van der Waals surface area contributed by atoms with E-state index in [0.29, 0.717) is 0 Å². The number of rotatable bonds is 5. The van der Waals surface area contributed by atoms with Gasteiger partial charge in [0.1, 0.15) is 5.69 Å². The summed E-state index contributed by atoms with van der Waals surface area (Å²) in [6.45, 7) is -0.155. The number of carbonyl (C=O) groups excluding carboxylic acids is 1. The number of amides is 1. The number of halogens is 3. The number of carboxylic acids is 1. The Balaban J connectivity index is 2.50. The molecule has 0 bridgehead atoms. The van der Waals surface area contributed by atoms with E-state index in [1.807, 2.05) is 0 Å². The van der Waals surface area contributed by atoms with Crippen LogP contribution in [0.4, 0.5) is 13.2 Å². The number of nitrogens with one attached hydrogen (secondary N) is 1. The number of hydrogen-bond donors (Lipinski definition) is 2. The van der Waals surface area contributed by atoms with Crippen molar-refractivity contribution < 1.29 is 27.9 Å². The van der Waals surface area contributed by atoms with Crippen molar-refractivity contribution in [3.8, 4) is 0 Å². The molecule has 0 saturated heterocycles. The Kier molecular flexibility index (Phi) is 4.85. The van der Waals surface area contributed by atoms with E-state index in [1.54, 1.807) is 0 Å². The van der Waals surface area contributed by atoms with E-state index in [-0.39, 0.29) is 24.2 Å². The molecule has 1 aromatic heterocycles. The number of nitrogens with zero attached hydrogens (tertiary/aromatic N) is 1. The van der Waals surface area contributed by atoms with Gasteiger partial charge in [-0.3, -0.25) is 9.78 Å². The predicted molar refractivity (Wildman–Crippen MR) is 58.8 cm³/mol. The van der Waals surface area contributed by atoms with Crippen molar-refractivity contribution in [2.24, 2.45) is 0 Å². The number of alkyl halides is 3. The highest BCUT2D eigenvalue weighted by Gasteiger charge is 2.26. The topological polar surface area (TPSA) is 79.3 Å². The van der Waals surface area contributed by atoms with E-state index < -0.39 is 24.5 Å². The Bertz CT molecular complexity index is 474. The fraction of sp³-hybridized carbons (Fsp3) is 0.364. The van der Waals surface area contributed by atoms with Crippen LogP contribution >= 0.6 is 0 Å². The molecule has 5 nitrogen and oxygen atoms in total. The molecular weight excluding hydrogens is 265 g/mol. The Labute approximate surface area is 106 Å². The molecule has 1 rings (SSSR count). The van der Waals surface area contributed by atoms with Gasteiger partial charge in [-0.25, -0.2) is 4.79 Å². The van der Waals surface area contributed by atoms with Crippen molar-refractivity contribution in [1.82, 2.24) is 10.3 Å². The maximum atomic E-state index is 11.9. The zero-order chi connectivity index (χ0) is 14.5. The molecule has 1 aromatic rings. The maximum absolute atomic E-state index is 11.9. The van der Waals surface area contributed by atoms with Gasteiger partial charge in [-0.2, -0.15) is 13.2 Å². The molecule has 1 heterocycles. The van der Waals surface area contributed by atoms with Crippen LogP contribution in [0.15, 0.2) is 18.3 Å². The van der Waals surface area contributed by atoms with Gasteiger partial charge < -0.3 is 10.4 Å². The third-order valence-corrected chi connectivity index (χ3v) is 2.16. The van der Waals surface area contributed by atoms with Crippen LogP contribution in [0, 0.1) is 0 Å². The number of carboxylic acid groups (broad SMARTS) is 1. The quantitative estimate of drug-likeness (QED) is 0.804. The summed E-state index contributed by atoms with van der Waals surface area (Å²) in [6.07, 6.45) is -4.34. The van der Waals surface area contributed by atoms with Crippen LogP contribution in [0.3, 0.4) is 0 Å². The van der Waals surface area contributed by atoms with Crippen LogP contribution < -0.4 is 5.32 Å². The minimum Gasteiger partial charge on any atom is -0.478 e. The first-order chi connectivity index (χ1) is 8.79. The molecule has 8 heteroatoms. The summed E-state index contributed by atoms with van der Waals surface area (Å²) in [5.74, 6) is -1.92. The second kappa shape index (κ2) is 6.17. The minimum absolute atomic E-state index is 0.115. The molecule has 0 aromatic carbocycles. The standard InChI is InChI=1S/C11H11F3N2O3/c12-11(13,14)3-1-4-16-9(17)8-6-7(10(18)19)2-5-15-8/h2,5-6H,1,3-4H2,(H,16,17)(H,18,19). The Morgan fingerprint density at radius 2 is 2.05 bits per heavy atom. The molecule has 0 spiro atoms. The Hall–Kier alpha value is -2.12. The first-order valence-electron chi connectivity index (χ1n) is 5.34. The van der Waals surface area contributed by atoms with Crippen molar-refractivity contribution >= 4 is 11.9 Å². The van der Waals surface area contributed by atoms with Crippen molar-refractivity contribution in [3.05, 3.63) is 29.6 Å². The van der Waals surface area contributed by atoms with Gasteiger partial charge >= 0.3 is 12.1 Å². The van der Waals surface area contributed by atoms with Gasteiger partial charge in [0, 0.05) is 19.2 Å². The number of aromatic carboxylic acids is 1. The second-order valence-corrected chi connectivity index (χ2v) is 3.71. The Morgan fingerprint density at radius 1 is 1.37 bits per heavy atom. The maximum Gasteiger partial charge on any atom is 0.389 e. The molecule has 0 atom stereocenters. The summed E-state index contributed by atoms with van der Waals surface area (Å²) < 4.78 is 35.6. The molecule has 0 fully saturated rings. The number of hydrogen-bond acceptors (Lipinski definition) is 3. The molecule has 19 heavy (non-hydrogen) atoms. The molecule has 0 unspecified atom stereocenters. The van der Waals surface area contributed by atoms with E-state index in [9.17, 15) is 22.8 Å². The summed E-state index contributed by atoms with van der Waals surface area (Å²) in [7, 11) is 0. The van der Waals surface area contributed by atoms with Crippen LogP contribution in [0.1, 0.15) is 33.7 Å². The van der Waals surface area contributed by atoms with Gasteiger partial charge in [0.25, 0.3) is 5.91 Å². The predicted octanol–water partition coefficient (Wildman–Crippen LogP) is 1.85. The van der Waals surface area contributed by atoms with E-state index in [2.05, 4.69) is 10.3 Å².